The van der Waals surface area contributed by atoms with Gasteiger partial charge in [-0.1, -0.05) is 31.0 Å². The van der Waals surface area contributed by atoms with E-state index >= 15 is 0 Å². The average molecular weight is 271 g/mol. The van der Waals surface area contributed by atoms with Crippen molar-refractivity contribution >= 4 is 11.6 Å². The molecule has 0 radical (unpaired) electrons. The molecule has 1 fully saturated rings. The van der Waals surface area contributed by atoms with Crippen molar-refractivity contribution in [2.75, 3.05) is 19.6 Å². The van der Waals surface area contributed by atoms with Gasteiger partial charge in [0.25, 0.3) is 0 Å². The fourth-order valence-electron chi connectivity index (χ4n) is 2.72. The second kappa shape index (κ2) is 6.00. The van der Waals surface area contributed by atoms with E-state index in [1.165, 1.54) is 18.9 Å². The summed E-state index contributed by atoms with van der Waals surface area (Å²) in [5.41, 5.74) is 6.50. The molecule has 18 heavy (non-hydrogen) atoms. The number of likely N-dealkylation sites (tertiary alicyclic amines) is 1. The number of hydrogen-bond acceptors (Lipinski definition) is 2. The lowest BCUT2D eigenvalue weighted by molar-refractivity contribution is 0.236. The van der Waals surface area contributed by atoms with Crippen LogP contribution in [0.4, 0.5) is 4.39 Å². The van der Waals surface area contributed by atoms with Crippen LogP contribution in [-0.4, -0.2) is 24.5 Å². The quantitative estimate of drug-likeness (QED) is 0.910. The Morgan fingerprint density at radius 2 is 2.33 bits per heavy atom. The van der Waals surface area contributed by atoms with Crippen LogP contribution < -0.4 is 5.73 Å². The van der Waals surface area contributed by atoms with Crippen LogP contribution in [0.1, 0.15) is 31.4 Å². The first-order valence-electron chi connectivity index (χ1n) is 6.54. The molecule has 2 nitrogen and oxygen atoms in total. The molecule has 100 valence electrons. The minimum atomic E-state index is -0.252. The average Bonchev–Trinajstić information content (AvgIpc) is 2.81. The number of benzene rings is 1. The number of nitrogens with zero attached hydrogens (tertiary/aromatic N) is 1. The van der Waals surface area contributed by atoms with Crippen LogP contribution >= 0.6 is 11.6 Å². The molecule has 4 heteroatoms. The summed E-state index contributed by atoms with van der Waals surface area (Å²) in [5.74, 6) is 0.465. The summed E-state index contributed by atoms with van der Waals surface area (Å²) >= 11 is 5.79. The summed E-state index contributed by atoms with van der Waals surface area (Å²) in [6.45, 7) is 4.66. The van der Waals surface area contributed by atoms with Gasteiger partial charge in [-0.3, -0.25) is 4.90 Å². The molecule has 2 N–H and O–H groups in total. The summed E-state index contributed by atoms with van der Waals surface area (Å²) in [6.07, 6.45) is 2.36. The van der Waals surface area contributed by atoms with Gasteiger partial charge in [0.05, 0.1) is 0 Å². The van der Waals surface area contributed by atoms with Crippen molar-refractivity contribution in [1.82, 2.24) is 4.90 Å². The van der Waals surface area contributed by atoms with E-state index in [0.717, 1.165) is 19.0 Å². The van der Waals surface area contributed by atoms with Crippen LogP contribution in [0.3, 0.4) is 0 Å². The van der Waals surface area contributed by atoms with Gasteiger partial charge in [0.2, 0.25) is 0 Å². The molecular formula is C14H20ClFN2. The number of nitrogens with two attached hydrogens (primary N) is 1. The minimum absolute atomic E-state index is 0.0289. The lowest BCUT2D eigenvalue weighted by Gasteiger charge is -2.27. The van der Waals surface area contributed by atoms with Gasteiger partial charge in [-0.2, -0.15) is 0 Å². The Morgan fingerprint density at radius 3 is 2.89 bits per heavy atom. The number of hydrogen-bond donors (Lipinski definition) is 1. The second-order valence-electron chi connectivity index (χ2n) is 4.98. The largest absolute Gasteiger partial charge is 0.329 e. The maximum absolute atomic E-state index is 14.0. The monoisotopic (exact) mass is 270 g/mol. The van der Waals surface area contributed by atoms with Crippen molar-refractivity contribution in [2.24, 2.45) is 11.7 Å². The van der Waals surface area contributed by atoms with Crippen LogP contribution in [0.5, 0.6) is 0 Å². The molecule has 1 aliphatic heterocycles. The van der Waals surface area contributed by atoms with Crippen molar-refractivity contribution in [3.05, 3.63) is 34.6 Å². The molecule has 0 bridgehead atoms. The summed E-state index contributed by atoms with van der Waals surface area (Å²) in [6, 6.07) is 4.83. The topological polar surface area (TPSA) is 29.3 Å². The highest BCUT2D eigenvalue weighted by atomic mass is 35.5. The molecule has 1 saturated heterocycles. The van der Waals surface area contributed by atoms with Gasteiger partial charge >= 0.3 is 0 Å². The maximum Gasteiger partial charge on any atom is 0.129 e. The molecule has 0 saturated carbocycles. The van der Waals surface area contributed by atoms with Crippen LogP contribution in [0.25, 0.3) is 0 Å². The fraction of sp³-hybridized carbons (Fsp3) is 0.571. The number of rotatable bonds is 4. The molecule has 1 aromatic carbocycles. The Morgan fingerprint density at radius 1 is 1.56 bits per heavy atom. The van der Waals surface area contributed by atoms with Gasteiger partial charge in [0.15, 0.2) is 0 Å². The zero-order valence-corrected chi connectivity index (χ0v) is 11.5. The van der Waals surface area contributed by atoms with E-state index in [2.05, 4.69) is 11.8 Å². The van der Waals surface area contributed by atoms with Gasteiger partial charge in [-0.25, -0.2) is 4.39 Å². The minimum Gasteiger partial charge on any atom is -0.329 e. The standard InChI is InChI=1S/C14H20ClFN2/c1-2-10-5-6-18(9-10)14(8-17)12-4-3-11(15)7-13(12)16/h3-4,7,10,14H,2,5-6,8-9,17H2,1H3. The van der Waals surface area contributed by atoms with Crippen LogP contribution in [0.2, 0.25) is 5.02 Å². The predicted octanol–water partition coefficient (Wildman–Crippen LogP) is 3.21. The normalized spacial score (nSPS) is 22.3. The van der Waals surface area contributed by atoms with Crippen LogP contribution in [-0.2, 0) is 0 Å². The van der Waals surface area contributed by atoms with Crippen molar-refractivity contribution < 1.29 is 4.39 Å². The van der Waals surface area contributed by atoms with E-state index in [-0.39, 0.29) is 11.9 Å². The molecule has 0 aromatic heterocycles. The third kappa shape index (κ3) is 2.85. The summed E-state index contributed by atoms with van der Waals surface area (Å²) < 4.78 is 14.0. The SMILES string of the molecule is CCC1CCN(C(CN)c2ccc(Cl)cc2F)C1. The molecule has 2 atom stereocenters. The van der Waals surface area contributed by atoms with Crippen molar-refractivity contribution in [3.8, 4) is 0 Å². The molecule has 2 unspecified atom stereocenters. The molecule has 1 aliphatic rings. The van der Waals surface area contributed by atoms with Gasteiger partial charge < -0.3 is 5.73 Å². The summed E-state index contributed by atoms with van der Waals surface area (Å²) in [5, 5.41) is 0.430. The van der Waals surface area contributed by atoms with Gasteiger partial charge in [-0.15, -0.1) is 0 Å². The molecule has 2 rings (SSSR count). The molecular weight excluding hydrogens is 251 g/mol. The van der Waals surface area contributed by atoms with Crippen molar-refractivity contribution in [2.45, 2.75) is 25.8 Å². The first kappa shape index (κ1) is 13.8. The van der Waals surface area contributed by atoms with Gasteiger partial charge in [-0.05, 0) is 31.0 Å². The Bertz CT molecular complexity index is 411. The smallest absolute Gasteiger partial charge is 0.129 e. The zero-order valence-electron chi connectivity index (χ0n) is 10.7. The molecule has 0 aliphatic carbocycles. The lowest BCUT2D eigenvalue weighted by Crippen LogP contribution is -2.32. The maximum atomic E-state index is 14.0. The Labute approximate surface area is 113 Å². The molecule has 1 heterocycles. The highest BCUT2D eigenvalue weighted by Crippen LogP contribution is 2.30. The molecule has 0 spiro atoms. The van der Waals surface area contributed by atoms with Crippen molar-refractivity contribution in [3.63, 3.8) is 0 Å². The van der Waals surface area contributed by atoms with Crippen LogP contribution in [0, 0.1) is 11.7 Å². The molecule has 1 aromatic rings. The third-order valence-corrected chi connectivity index (χ3v) is 4.12. The first-order valence-corrected chi connectivity index (χ1v) is 6.92. The lowest BCUT2D eigenvalue weighted by atomic mass is 10.0. The Balaban J connectivity index is 2.18. The predicted molar refractivity (Wildman–Crippen MR) is 73.2 cm³/mol. The van der Waals surface area contributed by atoms with Gasteiger partial charge in [0, 0.05) is 29.7 Å². The van der Waals surface area contributed by atoms with E-state index in [0.29, 0.717) is 17.1 Å². The number of halogens is 2. The van der Waals surface area contributed by atoms with E-state index in [1.807, 2.05) is 0 Å². The summed E-state index contributed by atoms with van der Waals surface area (Å²) in [7, 11) is 0. The van der Waals surface area contributed by atoms with Crippen molar-refractivity contribution in [1.29, 1.82) is 0 Å². The van der Waals surface area contributed by atoms with Gasteiger partial charge in [0.1, 0.15) is 5.82 Å². The van der Waals surface area contributed by atoms with E-state index < -0.39 is 0 Å². The zero-order chi connectivity index (χ0) is 13.1. The van der Waals surface area contributed by atoms with E-state index in [9.17, 15) is 4.39 Å². The summed E-state index contributed by atoms with van der Waals surface area (Å²) in [4.78, 5) is 2.29. The second-order valence-corrected chi connectivity index (χ2v) is 5.41. The van der Waals surface area contributed by atoms with E-state index in [1.54, 1.807) is 12.1 Å². The third-order valence-electron chi connectivity index (χ3n) is 3.88. The highest BCUT2D eigenvalue weighted by molar-refractivity contribution is 6.30. The molecule has 0 amide bonds. The fourth-order valence-corrected chi connectivity index (χ4v) is 2.88. The van der Waals surface area contributed by atoms with E-state index in [4.69, 9.17) is 17.3 Å². The highest BCUT2D eigenvalue weighted by Gasteiger charge is 2.28. The first-order chi connectivity index (χ1) is 8.65. The Kier molecular flexibility index (Phi) is 4.60. The van der Waals surface area contributed by atoms with Crippen LogP contribution in [0.15, 0.2) is 18.2 Å². The Hall–Kier alpha value is -0.640.